The van der Waals surface area contributed by atoms with Crippen LogP contribution in [0.4, 0.5) is 5.69 Å². The van der Waals surface area contributed by atoms with Crippen LogP contribution in [0.25, 0.3) is 0 Å². The predicted octanol–water partition coefficient (Wildman–Crippen LogP) is 1.63. The zero-order valence-corrected chi connectivity index (χ0v) is 13.1. The van der Waals surface area contributed by atoms with Crippen molar-refractivity contribution in [1.29, 1.82) is 0 Å². The molecule has 1 aromatic rings. The standard InChI is InChI=1S/C18H25N3O/c19-16-8-7-14-10-20(11-15(14)16)12-18(22)21-9-3-5-13-4-1-2-6-17(13)21/h1-2,4,6,14-16H,3,5,7-12,19H2. The van der Waals surface area contributed by atoms with Gasteiger partial charge < -0.3 is 10.6 Å². The van der Waals surface area contributed by atoms with E-state index in [-0.39, 0.29) is 5.91 Å². The van der Waals surface area contributed by atoms with Gasteiger partial charge in [0.25, 0.3) is 0 Å². The first-order chi connectivity index (χ1) is 10.7. The Kier molecular flexibility index (Phi) is 3.66. The molecule has 118 valence electrons. The highest BCUT2D eigenvalue weighted by Gasteiger charge is 2.41. The molecule has 3 unspecified atom stereocenters. The molecule has 2 N–H and O–H groups in total. The van der Waals surface area contributed by atoms with Gasteiger partial charge in [-0.15, -0.1) is 0 Å². The maximum absolute atomic E-state index is 12.8. The molecule has 4 heteroatoms. The minimum atomic E-state index is 0.251. The summed E-state index contributed by atoms with van der Waals surface area (Å²) in [5, 5.41) is 0. The fourth-order valence-electron chi connectivity index (χ4n) is 4.60. The number of amides is 1. The van der Waals surface area contributed by atoms with E-state index in [0.717, 1.165) is 50.5 Å². The van der Waals surface area contributed by atoms with E-state index >= 15 is 0 Å². The third kappa shape index (κ3) is 2.44. The average Bonchev–Trinajstić information content (AvgIpc) is 3.08. The summed E-state index contributed by atoms with van der Waals surface area (Å²) in [6.07, 6.45) is 4.56. The van der Waals surface area contributed by atoms with Crippen molar-refractivity contribution in [3.05, 3.63) is 29.8 Å². The summed E-state index contributed by atoms with van der Waals surface area (Å²) in [5.41, 5.74) is 8.62. The Morgan fingerprint density at radius 2 is 2.09 bits per heavy atom. The first kappa shape index (κ1) is 14.2. The lowest BCUT2D eigenvalue weighted by atomic mass is 9.98. The summed E-state index contributed by atoms with van der Waals surface area (Å²) in [4.78, 5) is 17.1. The van der Waals surface area contributed by atoms with Crippen molar-refractivity contribution < 1.29 is 4.79 Å². The van der Waals surface area contributed by atoms with Gasteiger partial charge in [0.05, 0.1) is 6.54 Å². The Labute approximate surface area is 132 Å². The smallest absolute Gasteiger partial charge is 0.241 e. The zero-order chi connectivity index (χ0) is 15.1. The van der Waals surface area contributed by atoms with Crippen LogP contribution >= 0.6 is 0 Å². The third-order valence-corrected chi connectivity index (χ3v) is 5.76. The van der Waals surface area contributed by atoms with Crippen LogP contribution in [0, 0.1) is 11.8 Å². The Morgan fingerprint density at radius 1 is 1.23 bits per heavy atom. The van der Waals surface area contributed by atoms with Gasteiger partial charge in [0, 0.05) is 31.4 Å². The molecule has 0 radical (unpaired) electrons. The Hall–Kier alpha value is -1.39. The number of rotatable bonds is 2. The van der Waals surface area contributed by atoms with Crippen LogP contribution in [0.5, 0.6) is 0 Å². The number of nitrogens with two attached hydrogens (primary N) is 1. The molecular weight excluding hydrogens is 274 g/mol. The molecule has 3 aliphatic rings. The fraction of sp³-hybridized carbons (Fsp3) is 0.611. The lowest BCUT2D eigenvalue weighted by Gasteiger charge is -2.31. The number of anilines is 1. The topological polar surface area (TPSA) is 49.6 Å². The van der Waals surface area contributed by atoms with Crippen LogP contribution in [0.2, 0.25) is 0 Å². The van der Waals surface area contributed by atoms with E-state index in [9.17, 15) is 4.79 Å². The highest BCUT2D eigenvalue weighted by atomic mass is 16.2. The molecule has 1 saturated heterocycles. The second-order valence-corrected chi connectivity index (χ2v) is 7.14. The molecule has 4 nitrogen and oxygen atoms in total. The predicted molar refractivity (Wildman–Crippen MR) is 87.7 cm³/mol. The van der Waals surface area contributed by atoms with Crippen LogP contribution in [0.15, 0.2) is 24.3 Å². The summed E-state index contributed by atoms with van der Waals surface area (Å²) in [5.74, 6) is 1.58. The van der Waals surface area contributed by atoms with E-state index in [1.165, 1.54) is 12.0 Å². The molecule has 1 aromatic carbocycles. The van der Waals surface area contributed by atoms with Crippen LogP contribution in [-0.2, 0) is 11.2 Å². The number of hydrogen-bond donors (Lipinski definition) is 1. The van der Waals surface area contributed by atoms with Gasteiger partial charge in [-0.25, -0.2) is 0 Å². The second-order valence-electron chi connectivity index (χ2n) is 7.14. The van der Waals surface area contributed by atoms with Crippen molar-refractivity contribution in [3.63, 3.8) is 0 Å². The number of nitrogens with zero attached hydrogens (tertiary/aromatic N) is 2. The number of benzene rings is 1. The molecule has 1 saturated carbocycles. The van der Waals surface area contributed by atoms with E-state index in [1.54, 1.807) is 0 Å². The van der Waals surface area contributed by atoms with Gasteiger partial charge in [-0.2, -0.15) is 0 Å². The van der Waals surface area contributed by atoms with Crippen molar-refractivity contribution in [2.75, 3.05) is 31.1 Å². The van der Waals surface area contributed by atoms with E-state index in [1.807, 2.05) is 11.0 Å². The first-order valence-corrected chi connectivity index (χ1v) is 8.58. The summed E-state index contributed by atoms with van der Waals surface area (Å²) >= 11 is 0. The van der Waals surface area contributed by atoms with Crippen molar-refractivity contribution in [1.82, 2.24) is 4.90 Å². The molecule has 0 spiro atoms. The molecule has 2 heterocycles. The highest BCUT2D eigenvalue weighted by molar-refractivity contribution is 5.96. The number of likely N-dealkylation sites (tertiary alicyclic amines) is 1. The van der Waals surface area contributed by atoms with Crippen molar-refractivity contribution >= 4 is 11.6 Å². The molecule has 1 amide bonds. The minimum Gasteiger partial charge on any atom is -0.327 e. The summed E-state index contributed by atoms with van der Waals surface area (Å²) in [7, 11) is 0. The number of carbonyl (C=O) groups is 1. The second kappa shape index (κ2) is 5.67. The van der Waals surface area contributed by atoms with Gasteiger partial charge in [-0.1, -0.05) is 18.2 Å². The highest BCUT2D eigenvalue weighted by Crippen LogP contribution is 2.37. The Bertz CT molecular complexity index is 573. The largest absolute Gasteiger partial charge is 0.327 e. The van der Waals surface area contributed by atoms with Gasteiger partial charge in [0.1, 0.15) is 0 Å². The minimum absolute atomic E-state index is 0.251. The molecule has 0 bridgehead atoms. The number of fused-ring (bicyclic) bond motifs is 2. The van der Waals surface area contributed by atoms with Crippen LogP contribution in [0.3, 0.4) is 0 Å². The monoisotopic (exact) mass is 299 g/mol. The van der Waals surface area contributed by atoms with Gasteiger partial charge in [0.2, 0.25) is 5.91 Å². The van der Waals surface area contributed by atoms with Crippen LogP contribution in [0.1, 0.15) is 24.8 Å². The van der Waals surface area contributed by atoms with E-state index in [0.29, 0.717) is 18.5 Å². The van der Waals surface area contributed by atoms with Gasteiger partial charge in [-0.3, -0.25) is 9.69 Å². The average molecular weight is 299 g/mol. The lowest BCUT2D eigenvalue weighted by Crippen LogP contribution is -2.42. The number of hydrogen-bond acceptors (Lipinski definition) is 3. The fourth-order valence-corrected chi connectivity index (χ4v) is 4.60. The summed E-state index contributed by atoms with van der Waals surface area (Å²) in [6, 6.07) is 8.68. The van der Waals surface area contributed by atoms with Crippen molar-refractivity contribution in [2.24, 2.45) is 17.6 Å². The van der Waals surface area contributed by atoms with Crippen LogP contribution < -0.4 is 10.6 Å². The maximum atomic E-state index is 12.8. The van der Waals surface area contributed by atoms with Gasteiger partial charge in [0.15, 0.2) is 0 Å². The number of carbonyl (C=O) groups excluding carboxylic acids is 1. The molecule has 3 atom stereocenters. The lowest BCUT2D eigenvalue weighted by molar-refractivity contribution is -0.119. The third-order valence-electron chi connectivity index (χ3n) is 5.76. The van der Waals surface area contributed by atoms with Crippen LogP contribution in [-0.4, -0.2) is 43.0 Å². The molecule has 2 aliphatic heterocycles. The Morgan fingerprint density at radius 3 is 2.95 bits per heavy atom. The van der Waals surface area contributed by atoms with Crippen molar-refractivity contribution in [3.8, 4) is 0 Å². The first-order valence-electron chi connectivity index (χ1n) is 8.58. The number of para-hydroxylation sites is 1. The van der Waals surface area contributed by atoms with E-state index in [2.05, 4.69) is 23.1 Å². The Balaban J connectivity index is 1.43. The SMILES string of the molecule is NC1CCC2CN(CC(=O)N3CCCc4ccccc43)CC12. The van der Waals surface area contributed by atoms with E-state index < -0.39 is 0 Å². The molecule has 22 heavy (non-hydrogen) atoms. The molecule has 1 aliphatic carbocycles. The summed E-state index contributed by atoms with van der Waals surface area (Å²) in [6.45, 7) is 3.47. The van der Waals surface area contributed by atoms with Gasteiger partial charge in [-0.05, 0) is 49.1 Å². The zero-order valence-electron chi connectivity index (χ0n) is 13.1. The summed E-state index contributed by atoms with van der Waals surface area (Å²) < 4.78 is 0. The normalized spacial score (nSPS) is 31.1. The number of aryl methyl sites for hydroxylation is 1. The maximum Gasteiger partial charge on any atom is 0.241 e. The molecular formula is C18H25N3O. The molecule has 4 rings (SSSR count). The molecule has 2 fully saturated rings. The quantitative estimate of drug-likeness (QED) is 0.903. The molecule has 0 aromatic heterocycles. The van der Waals surface area contributed by atoms with Gasteiger partial charge >= 0.3 is 0 Å². The van der Waals surface area contributed by atoms with Crippen molar-refractivity contribution in [2.45, 2.75) is 31.7 Å². The van der Waals surface area contributed by atoms with E-state index in [4.69, 9.17) is 5.73 Å².